The van der Waals surface area contributed by atoms with Crippen LogP contribution in [0.5, 0.6) is 5.75 Å². The second-order valence-electron chi connectivity index (χ2n) is 8.76. The number of carbonyl (C=O) groups excluding carboxylic acids is 1. The van der Waals surface area contributed by atoms with Gasteiger partial charge in [0.15, 0.2) is 0 Å². The van der Waals surface area contributed by atoms with Gasteiger partial charge < -0.3 is 19.8 Å². The van der Waals surface area contributed by atoms with Crippen LogP contribution in [0.1, 0.15) is 32.5 Å². The third kappa shape index (κ3) is 3.08. The van der Waals surface area contributed by atoms with E-state index in [1.807, 2.05) is 36.4 Å². The van der Waals surface area contributed by atoms with Gasteiger partial charge in [-0.05, 0) is 53.8 Å². The van der Waals surface area contributed by atoms with Crippen LogP contribution in [0.25, 0.3) is 32.8 Å². The molecule has 0 saturated carbocycles. The Kier molecular flexibility index (Phi) is 4.47. The average Bonchev–Trinajstić information content (AvgIpc) is 3.56. The topological polar surface area (TPSA) is 76.4 Å². The maximum Gasteiger partial charge on any atom is 0.265 e. The monoisotopic (exact) mass is 479 g/mol. The minimum atomic E-state index is -0.361. The number of carbonyl (C=O) groups is 1. The molecular weight excluding hydrogens is 458 g/mol. The van der Waals surface area contributed by atoms with E-state index < -0.39 is 0 Å². The SMILES string of the molecule is COc1ccc([C@@H]2NC(=O)c3sc4nc5c(c(-c6ccco6)c4c3N2)CCc2ccccc2-5)cc1. The number of hydrogen-bond donors (Lipinski definition) is 2. The van der Waals surface area contributed by atoms with Crippen molar-refractivity contribution in [1.29, 1.82) is 0 Å². The molecule has 1 aliphatic carbocycles. The van der Waals surface area contributed by atoms with Crippen LogP contribution in [0, 0.1) is 0 Å². The molecule has 0 bridgehead atoms. The molecule has 6 nitrogen and oxygen atoms in total. The summed E-state index contributed by atoms with van der Waals surface area (Å²) >= 11 is 1.42. The quantitative estimate of drug-likeness (QED) is 0.323. The van der Waals surface area contributed by atoms with Crippen molar-refractivity contribution in [3.8, 4) is 28.3 Å². The van der Waals surface area contributed by atoms with E-state index in [2.05, 4.69) is 34.9 Å². The summed E-state index contributed by atoms with van der Waals surface area (Å²) in [5.74, 6) is 1.46. The standard InChI is InChI=1S/C28H21N3O3S/c1-33-17-11-8-16(9-12-17)26-29-24-22-21(20-7-4-14-34-20)19-13-10-15-5-2-3-6-18(15)23(19)30-28(22)35-25(24)27(32)31-26/h2-9,11-12,14,26,29H,10,13H2,1H3,(H,31,32)/t26-/m0/s1. The van der Waals surface area contributed by atoms with E-state index in [0.29, 0.717) is 4.88 Å². The number of rotatable bonds is 3. The molecule has 2 aromatic carbocycles. The van der Waals surface area contributed by atoms with Crippen LogP contribution in [-0.4, -0.2) is 18.0 Å². The van der Waals surface area contributed by atoms with Crippen molar-refractivity contribution in [1.82, 2.24) is 10.3 Å². The lowest BCUT2D eigenvalue weighted by Gasteiger charge is -2.27. The van der Waals surface area contributed by atoms with Gasteiger partial charge in [0.1, 0.15) is 27.4 Å². The van der Waals surface area contributed by atoms with Crippen molar-refractivity contribution in [2.75, 3.05) is 12.4 Å². The highest BCUT2D eigenvalue weighted by atomic mass is 32.1. The van der Waals surface area contributed by atoms with Crippen LogP contribution in [0.2, 0.25) is 0 Å². The zero-order valence-corrected chi connectivity index (χ0v) is 19.7. The van der Waals surface area contributed by atoms with Gasteiger partial charge in [-0.15, -0.1) is 11.3 Å². The summed E-state index contributed by atoms with van der Waals surface area (Å²) in [6, 6.07) is 20.0. The van der Waals surface area contributed by atoms with E-state index in [1.165, 1.54) is 22.5 Å². The van der Waals surface area contributed by atoms with E-state index in [1.54, 1.807) is 13.4 Å². The maximum absolute atomic E-state index is 13.3. The highest BCUT2D eigenvalue weighted by Crippen LogP contribution is 2.49. The molecule has 0 saturated heterocycles. The molecule has 0 fully saturated rings. The van der Waals surface area contributed by atoms with Crippen LogP contribution < -0.4 is 15.4 Å². The number of amides is 1. The van der Waals surface area contributed by atoms with Gasteiger partial charge in [0, 0.05) is 16.5 Å². The summed E-state index contributed by atoms with van der Waals surface area (Å²) < 4.78 is 11.2. The number of pyridine rings is 1. The smallest absolute Gasteiger partial charge is 0.265 e. The molecule has 2 aliphatic rings. The first-order chi connectivity index (χ1) is 17.2. The molecule has 1 atom stereocenters. The van der Waals surface area contributed by atoms with Crippen LogP contribution in [0.4, 0.5) is 5.69 Å². The second-order valence-corrected chi connectivity index (χ2v) is 9.76. The molecule has 35 heavy (non-hydrogen) atoms. The molecule has 7 heteroatoms. The molecule has 7 rings (SSSR count). The number of hydrogen-bond acceptors (Lipinski definition) is 6. The number of thiophene rings is 1. The van der Waals surface area contributed by atoms with Crippen LogP contribution in [-0.2, 0) is 12.8 Å². The molecule has 1 amide bonds. The Morgan fingerprint density at radius 1 is 1.03 bits per heavy atom. The zero-order chi connectivity index (χ0) is 23.5. The van der Waals surface area contributed by atoms with Gasteiger partial charge in [0.05, 0.1) is 24.8 Å². The van der Waals surface area contributed by atoms with Crippen LogP contribution in [0.15, 0.2) is 71.3 Å². The van der Waals surface area contributed by atoms with Crippen LogP contribution >= 0.6 is 11.3 Å². The molecule has 1 aliphatic heterocycles. The summed E-state index contributed by atoms with van der Waals surface area (Å²) in [6.45, 7) is 0. The fraction of sp³-hybridized carbons (Fsp3) is 0.143. The van der Waals surface area contributed by atoms with E-state index in [0.717, 1.165) is 62.6 Å². The van der Waals surface area contributed by atoms with E-state index in [9.17, 15) is 4.79 Å². The zero-order valence-electron chi connectivity index (χ0n) is 18.9. The third-order valence-electron chi connectivity index (χ3n) is 6.84. The largest absolute Gasteiger partial charge is 0.497 e. The van der Waals surface area contributed by atoms with Gasteiger partial charge in [0.2, 0.25) is 0 Å². The minimum Gasteiger partial charge on any atom is -0.497 e. The van der Waals surface area contributed by atoms with E-state index in [-0.39, 0.29) is 12.1 Å². The number of nitrogens with one attached hydrogen (secondary N) is 2. The second kappa shape index (κ2) is 7.71. The highest BCUT2D eigenvalue weighted by molar-refractivity contribution is 7.21. The number of anilines is 1. The molecule has 172 valence electrons. The van der Waals surface area contributed by atoms with Gasteiger partial charge in [-0.2, -0.15) is 0 Å². The van der Waals surface area contributed by atoms with Gasteiger partial charge >= 0.3 is 0 Å². The minimum absolute atomic E-state index is 0.105. The van der Waals surface area contributed by atoms with Gasteiger partial charge in [-0.25, -0.2) is 4.98 Å². The lowest BCUT2D eigenvalue weighted by atomic mass is 9.85. The Balaban J connectivity index is 1.46. The van der Waals surface area contributed by atoms with Crippen molar-refractivity contribution in [2.24, 2.45) is 0 Å². The van der Waals surface area contributed by atoms with E-state index >= 15 is 0 Å². The molecule has 4 heterocycles. The number of aryl methyl sites for hydroxylation is 1. The molecule has 0 spiro atoms. The fourth-order valence-corrected chi connectivity index (χ4v) is 6.24. The highest BCUT2D eigenvalue weighted by Gasteiger charge is 2.33. The number of ether oxygens (including phenoxy) is 1. The molecule has 0 unspecified atom stereocenters. The van der Waals surface area contributed by atoms with Gasteiger partial charge in [0.25, 0.3) is 5.91 Å². The first kappa shape index (κ1) is 20.3. The summed E-state index contributed by atoms with van der Waals surface area (Å²) in [4.78, 5) is 19.9. The Bertz CT molecular complexity index is 1600. The normalized spacial score (nSPS) is 16.1. The Morgan fingerprint density at radius 2 is 1.89 bits per heavy atom. The summed E-state index contributed by atoms with van der Waals surface area (Å²) in [5.41, 5.74) is 7.39. The number of nitrogens with zero attached hydrogens (tertiary/aromatic N) is 1. The predicted molar refractivity (Wildman–Crippen MR) is 137 cm³/mol. The fourth-order valence-electron chi connectivity index (χ4n) is 5.19. The lowest BCUT2D eigenvalue weighted by molar-refractivity contribution is 0.0940. The van der Waals surface area contributed by atoms with Crippen molar-refractivity contribution in [3.63, 3.8) is 0 Å². The summed E-state index contributed by atoms with van der Waals surface area (Å²) in [5, 5.41) is 7.63. The number of fused-ring (bicyclic) bond motifs is 6. The van der Waals surface area contributed by atoms with E-state index in [4.69, 9.17) is 14.1 Å². The summed E-state index contributed by atoms with van der Waals surface area (Å²) in [6.07, 6.45) is 3.15. The van der Waals surface area contributed by atoms with Crippen LogP contribution in [0.3, 0.4) is 0 Å². The summed E-state index contributed by atoms with van der Waals surface area (Å²) in [7, 11) is 1.64. The number of aromatic nitrogens is 1. The third-order valence-corrected chi connectivity index (χ3v) is 7.93. The Hall–Kier alpha value is -4.10. The van der Waals surface area contributed by atoms with Crippen molar-refractivity contribution in [3.05, 3.63) is 88.5 Å². The number of furan rings is 1. The average molecular weight is 480 g/mol. The molecular formula is C28H21N3O3S. The Morgan fingerprint density at radius 3 is 2.69 bits per heavy atom. The first-order valence-electron chi connectivity index (χ1n) is 11.5. The van der Waals surface area contributed by atoms with Crippen molar-refractivity contribution >= 4 is 33.1 Å². The molecule has 5 aromatic rings. The first-order valence-corrected chi connectivity index (χ1v) is 12.4. The predicted octanol–water partition coefficient (Wildman–Crippen LogP) is 6.18. The van der Waals surface area contributed by atoms with Gasteiger partial charge in [-0.1, -0.05) is 36.4 Å². The van der Waals surface area contributed by atoms with Gasteiger partial charge in [-0.3, -0.25) is 4.79 Å². The molecule has 0 radical (unpaired) electrons. The van der Waals surface area contributed by atoms with Crippen molar-refractivity contribution in [2.45, 2.75) is 19.0 Å². The molecule has 3 aromatic heterocycles. The molecule has 2 N–H and O–H groups in total. The number of benzene rings is 2. The number of methoxy groups -OCH3 is 1. The van der Waals surface area contributed by atoms with Crippen molar-refractivity contribution < 1.29 is 13.9 Å². The maximum atomic E-state index is 13.3. The lowest BCUT2D eigenvalue weighted by Crippen LogP contribution is -2.37. The Labute approximate surface area is 205 Å².